The van der Waals surface area contributed by atoms with E-state index in [1.54, 1.807) is 13.3 Å². The van der Waals surface area contributed by atoms with Crippen LogP contribution in [0.2, 0.25) is 0 Å². The lowest BCUT2D eigenvalue weighted by Gasteiger charge is -2.19. The normalized spacial score (nSPS) is 17.2. The quantitative estimate of drug-likeness (QED) is 0.938. The molecule has 0 radical (unpaired) electrons. The number of hydrogen-bond donors (Lipinski definition) is 1. The number of Topliss-reactive ketones (excluding diaryl/α,β-unsaturated/α-hetero) is 1. The van der Waals surface area contributed by atoms with E-state index in [1.807, 2.05) is 24.3 Å². The number of benzene rings is 1. The van der Waals surface area contributed by atoms with Gasteiger partial charge in [-0.3, -0.25) is 4.79 Å². The Morgan fingerprint density at radius 2 is 2.10 bits per heavy atom. The number of aromatic nitrogens is 2. The molecule has 0 saturated heterocycles. The Morgan fingerprint density at radius 1 is 1.29 bits per heavy atom. The highest BCUT2D eigenvalue weighted by Gasteiger charge is 2.24. The standard InChI is InChI=1S/C16H17N3O2/c1-10-7-13-11(14(20)8-10)9-17-16(19-13)18-12-5-3-4-6-15(12)21-2/h3-6,9-10H,7-8H2,1-2H3,(H,17,18,19)/t10-/m0/s1. The van der Waals surface area contributed by atoms with Crippen LogP contribution in [0.1, 0.15) is 29.4 Å². The number of nitrogens with zero attached hydrogens (tertiary/aromatic N) is 2. The Kier molecular flexibility index (Phi) is 3.56. The summed E-state index contributed by atoms with van der Waals surface area (Å²) in [6.45, 7) is 2.07. The molecular formula is C16H17N3O2. The first-order chi connectivity index (χ1) is 10.2. The Morgan fingerprint density at radius 3 is 2.90 bits per heavy atom. The molecule has 108 valence electrons. The van der Waals surface area contributed by atoms with Gasteiger partial charge in [-0.15, -0.1) is 0 Å². The molecule has 0 aliphatic heterocycles. The van der Waals surface area contributed by atoms with Crippen molar-refractivity contribution in [2.75, 3.05) is 12.4 Å². The topological polar surface area (TPSA) is 64.1 Å². The minimum Gasteiger partial charge on any atom is -0.495 e. The number of para-hydroxylation sites is 2. The summed E-state index contributed by atoms with van der Waals surface area (Å²) in [5, 5.41) is 3.14. The molecule has 1 atom stereocenters. The second-order valence-electron chi connectivity index (χ2n) is 5.32. The molecule has 21 heavy (non-hydrogen) atoms. The minimum atomic E-state index is 0.132. The van der Waals surface area contributed by atoms with Crippen molar-refractivity contribution in [1.82, 2.24) is 9.97 Å². The molecule has 0 bridgehead atoms. The van der Waals surface area contributed by atoms with Crippen molar-refractivity contribution >= 4 is 17.4 Å². The maximum atomic E-state index is 11.9. The van der Waals surface area contributed by atoms with Gasteiger partial charge >= 0.3 is 0 Å². The van der Waals surface area contributed by atoms with Gasteiger partial charge < -0.3 is 10.1 Å². The van der Waals surface area contributed by atoms with Crippen molar-refractivity contribution < 1.29 is 9.53 Å². The first-order valence-electron chi connectivity index (χ1n) is 6.96. The molecule has 5 nitrogen and oxygen atoms in total. The van der Waals surface area contributed by atoms with E-state index in [4.69, 9.17) is 4.74 Å². The van der Waals surface area contributed by atoms with Crippen LogP contribution in [0.25, 0.3) is 0 Å². The molecule has 3 rings (SSSR count). The maximum Gasteiger partial charge on any atom is 0.227 e. The van der Waals surface area contributed by atoms with Gasteiger partial charge in [-0.25, -0.2) is 9.97 Å². The summed E-state index contributed by atoms with van der Waals surface area (Å²) in [5.41, 5.74) is 2.28. The van der Waals surface area contributed by atoms with Crippen molar-refractivity contribution in [3.05, 3.63) is 41.7 Å². The average Bonchev–Trinajstić information content (AvgIpc) is 2.47. The van der Waals surface area contributed by atoms with Gasteiger partial charge in [-0.2, -0.15) is 0 Å². The molecule has 1 aliphatic carbocycles. The molecule has 1 heterocycles. The van der Waals surface area contributed by atoms with E-state index >= 15 is 0 Å². The lowest BCUT2D eigenvalue weighted by molar-refractivity contribution is 0.0951. The predicted octanol–water partition coefficient (Wildman–Crippen LogP) is 2.99. The van der Waals surface area contributed by atoms with Gasteiger partial charge in [0.2, 0.25) is 5.95 Å². The number of ether oxygens (including phenoxy) is 1. The van der Waals surface area contributed by atoms with Gasteiger partial charge in [0.25, 0.3) is 0 Å². The number of anilines is 2. The van der Waals surface area contributed by atoms with Crippen LogP contribution in [-0.2, 0) is 6.42 Å². The van der Waals surface area contributed by atoms with Crippen LogP contribution >= 0.6 is 0 Å². The highest BCUT2D eigenvalue weighted by molar-refractivity contribution is 5.98. The molecular weight excluding hydrogens is 266 g/mol. The zero-order valence-electron chi connectivity index (χ0n) is 12.1. The van der Waals surface area contributed by atoms with Crippen LogP contribution in [-0.4, -0.2) is 22.9 Å². The van der Waals surface area contributed by atoms with E-state index in [2.05, 4.69) is 22.2 Å². The van der Waals surface area contributed by atoms with E-state index in [9.17, 15) is 4.79 Å². The van der Waals surface area contributed by atoms with E-state index in [-0.39, 0.29) is 5.78 Å². The second-order valence-corrected chi connectivity index (χ2v) is 5.32. The first kappa shape index (κ1) is 13.5. The van der Waals surface area contributed by atoms with Crippen molar-refractivity contribution in [2.45, 2.75) is 19.8 Å². The molecule has 1 aromatic heterocycles. The Labute approximate surface area is 123 Å². The number of ketones is 1. The summed E-state index contributed by atoms with van der Waals surface area (Å²) >= 11 is 0. The molecule has 0 saturated carbocycles. The molecule has 1 aliphatic rings. The number of carbonyl (C=O) groups is 1. The average molecular weight is 283 g/mol. The van der Waals surface area contributed by atoms with Crippen LogP contribution < -0.4 is 10.1 Å². The third-order valence-electron chi connectivity index (χ3n) is 3.60. The van der Waals surface area contributed by atoms with Crippen LogP contribution in [0.5, 0.6) is 5.75 Å². The fourth-order valence-corrected chi connectivity index (χ4v) is 2.56. The van der Waals surface area contributed by atoms with Crippen LogP contribution in [0.3, 0.4) is 0 Å². The monoisotopic (exact) mass is 283 g/mol. The number of hydrogen-bond acceptors (Lipinski definition) is 5. The van der Waals surface area contributed by atoms with Crippen molar-refractivity contribution in [2.24, 2.45) is 5.92 Å². The largest absolute Gasteiger partial charge is 0.495 e. The van der Waals surface area contributed by atoms with Gasteiger partial charge in [-0.05, 0) is 24.5 Å². The lowest BCUT2D eigenvalue weighted by atomic mass is 9.88. The number of methoxy groups -OCH3 is 1. The molecule has 2 aromatic rings. The fourth-order valence-electron chi connectivity index (χ4n) is 2.56. The van der Waals surface area contributed by atoms with Gasteiger partial charge in [0, 0.05) is 12.6 Å². The van der Waals surface area contributed by atoms with E-state index in [1.165, 1.54) is 0 Å². The molecule has 1 N–H and O–H groups in total. The lowest BCUT2D eigenvalue weighted by Crippen LogP contribution is -2.20. The van der Waals surface area contributed by atoms with Crippen molar-refractivity contribution in [3.8, 4) is 5.75 Å². The van der Waals surface area contributed by atoms with Crippen LogP contribution in [0.15, 0.2) is 30.5 Å². The molecule has 0 spiro atoms. The summed E-state index contributed by atoms with van der Waals surface area (Å²) in [6, 6.07) is 7.58. The third kappa shape index (κ3) is 2.72. The minimum absolute atomic E-state index is 0.132. The predicted molar refractivity (Wildman–Crippen MR) is 80.1 cm³/mol. The highest BCUT2D eigenvalue weighted by atomic mass is 16.5. The van der Waals surface area contributed by atoms with Gasteiger partial charge in [0.15, 0.2) is 5.78 Å². The molecule has 0 fully saturated rings. The fraction of sp³-hybridized carbons (Fsp3) is 0.312. The zero-order chi connectivity index (χ0) is 14.8. The van der Waals surface area contributed by atoms with E-state index in [0.717, 1.165) is 23.6 Å². The van der Waals surface area contributed by atoms with E-state index in [0.29, 0.717) is 23.9 Å². The number of nitrogens with one attached hydrogen (secondary N) is 1. The Hall–Kier alpha value is -2.43. The third-order valence-corrected chi connectivity index (χ3v) is 3.60. The highest BCUT2D eigenvalue weighted by Crippen LogP contribution is 2.28. The number of fused-ring (bicyclic) bond motifs is 1. The second kappa shape index (κ2) is 5.52. The van der Waals surface area contributed by atoms with Crippen molar-refractivity contribution in [3.63, 3.8) is 0 Å². The summed E-state index contributed by atoms with van der Waals surface area (Å²) in [5.74, 6) is 1.68. The molecule has 0 amide bonds. The van der Waals surface area contributed by atoms with Crippen LogP contribution in [0.4, 0.5) is 11.6 Å². The summed E-state index contributed by atoms with van der Waals surface area (Å²) in [7, 11) is 1.62. The Balaban J connectivity index is 1.91. The maximum absolute atomic E-state index is 11.9. The van der Waals surface area contributed by atoms with Gasteiger partial charge in [0.05, 0.1) is 24.1 Å². The smallest absolute Gasteiger partial charge is 0.227 e. The number of carbonyl (C=O) groups excluding carboxylic acids is 1. The van der Waals surface area contributed by atoms with Gasteiger partial charge in [0.1, 0.15) is 5.75 Å². The first-order valence-corrected chi connectivity index (χ1v) is 6.96. The molecule has 1 aromatic carbocycles. The zero-order valence-corrected chi connectivity index (χ0v) is 12.1. The summed E-state index contributed by atoms with van der Waals surface area (Å²) in [4.78, 5) is 20.7. The van der Waals surface area contributed by atoms with E-state index < -0.39 is 0 Å². The summed E-state index contributed by atoms with van der Waals surface area (Å²) < 4.78 is 5.29. The molecule has 0 unspecified atom stereocenters. The van der Waals surface area contributed by atoms with Crippen LogP contribution in [0, 0.1) is 5.92 Å². The van der Waals surface area contributed by atoms with Crippen molar-refractivity contribution in [1.29, 1.82) is 0 Å². The Bertz CT molecular complexity index is 685. The SMILES string of the molecule is COc1ccccc1Nc1ncc2c(n1)C[C@H](C)CC2=O. The number of rotatable bonds is 3. The molecule has 5 heteroatoms. The summed E-state index contributed by atoms with van der Waals surface area (Å²) in [6.07, 6.45) is 3.01. The van der Waals surface area contributed by atoms with Gasteiger partial charge in [-0.1, -0.05) is 19.1 Å².